The Morgan fingerprint density at radius 1 is 1.21 bits per heavy atom. The van der Waals surface area contributed by atoms with Crippen LogP contribution in [-0.2, 0) is 16.0 Å². The molecule has 0 amide bonds. The van der Waals surface area contributed by atoms with E-state index in [1.807, 2.05) is 36.4 Å². The van der Waals surface area contributed by atoms with Crippen LogP contribution in [0.2, 0.25) is 5.02 Å². The van der Waals surface area contributed by atoms with Crippen molar-refractivity contribution in [3.05, 3.63) is 70.4 Å². The molecule has 4 nitrogen and oxygen atoms in total. The second-order valence-corrected chi connectivity index (χ2v) is 6.43. The maximum Gasteiger partial charge on any atom is 0.323 e. The second kappa shape index (κ2) is 5.96. The third kappa shape index (κ3) is 2.48. The minimum atomic E-state index is -0.384. The fourth-order valence-electron chi connectivity index (χ4n) is 3.48. The van der Waals surface area contributed by atoms with Crippen molar-refractivity contribution < 1.29 is 9.53 Å². The summed E-state index contributed by atoms with van der Waals surface area (Å²) in [6, 6.07) is 15.3. The SMILES string of the molecule is COC(=O)[C@@H]1Cc2c([nH]c3ccccc23)C(c2cccc(Cl)c2)N1. The van der Waals surface area contributed by atoms with Gasteiger partial charge in [-0.3, -0.25) is 10.1 Å². The third-order valence-electron chi connectivity index (χ3n) is 4.58. The second-order valence-electron chi connectivity index (χ2n) is 6.00. The van der Waals surface area contributed by atoms with Crippen LogP contribution in [-0.4, -0.2) is 24.1 Å². The Kier molecular flexibility index (Phi) is 3.79. The number of rotatable bonds is 2. The monoisotopic (exact) mass is 340 g/mol. The van der Waals surface area contributed by atoms with E-state index in [0.29, 0.717) is 11.4 Å². The first-order chi connectivity index (χ1) is 11.7. The van der Waals surface area contributed by atoms with E-state index in [4.69, 9.17) is 16.3 Å². The van der Waals surface area contributed by atoms with Gasteiger partial charge in [-0.05, 0) is 29.3 Å². The van der Waals surface area contributed by atoms with Crippen LogP contribution in [0.5, 0.6) is 0 Å². The first-order valence-corrected chi connectivity index (χ1v) is 8.24. The van der Waals surface area contributed by atoms with Gasteiger partial charge in [0.2, 0.25) is 0 Å². The van der Waals surface area contributed by atoms with Gasteiger partial charge in [-0.25, -0.2) is 0 Å². The van der Waals surface area contributed by atoms with E-state index < -0.39 is 0 Å². The molecule has 0 saturated heterocycles. The number of para-hydroxylation sites is 1. The highest BCUT2D eigenvalue weighted by Crippen LogP contribution is 2.35. The van der Waals surface area contributed by atoms with E-state index >= 15 is 0 Å². The zero-order chi connectivity index (χ0) is 16.7. The van der Waals surface area contributed by atoms with Gasteiger partial charge in [0.25, 0.3) is 0 Å². The quantitative estimate of drug-likeness (QED) is 0.701. The molecule has 2 aromatic carbocycles. The van der Waals surface area contributed by atoms with Crippen molar-refractivity contribution in [2.45, 2.75) is 18.5 Å². The van der Waals surface area contributed by atoms with Gasteiger partial charge in [0.05, 0.1) is 13.2 Å². The number of aromatic amines is 1. The third-order valence-corrected chi connectivity index (χ3v) is 4.81. The maximum absolute atomic E-state index is 12.2. The minimum Gasteiger partial charge on any atom is -0.468 e. The van der Waals surface area contributed by atoms with E-state index in [0.717, 1.165) is 27.7 Å². The lowest BCUT2D eigenvalue weighted by Crippen LogP contribution is -2.45. The maximum atomic E-state index is 12.2. The summed E-state index contributed by atoms with van der Waals surface area (Å²) in [6.45, 7) is 0. The molecule has 2 atom stereocenters. The Labute approximate surface area is 144 Å². The summed E-state index contributed by atoms with van der Waals surface area (Å²) in [7, 11) is 1.42. The average molecular weight is 341 g/mol. The number of hydrogen-bond acceptors (Lipinski definition) is 3. The van der Waals surface area contributed by atoms with Crippen LogP contribution in [0.25, 0.3) is 10.9 Å². The fraction of sp³-hybridized carbons (Fsp3) is 0.211. The predicted octanol–water partition coefficient (Wildman–Crippen LogP) is 3.60. The van der Waals surface area contributed by atoms with Crippen LogP contribution in [0, 0.1) is 0 Å². The number of H-pyrrole nitrogens is 1. The molecule has 2 heterocycles. The number of nitrogens with one attached hydrogen (secondary N) is 2. The molecule has 0 fully saturated rings. The van der Waals surface area contributed by atoms with Crippen molar-refractivity contribution in [3.63, 3.8) is 0 Å². The van der Waals surface area contributed by atoms with Crippen LogP contribution < -0.4 is 5.32 Å². The van der Waals surface area contributed by atoms with Crippen molar-refractivity contribution in [1.82, 2.24) is 10.3 Å². The summed E-state index contributed by atoms with van der Waals surface area (Å²) in [5.74, 6) is -0.252. The number of ether oxygens (including phenoxy) is 1. The van der Waals surface area contributed by atoms with Gasteiger partial charge in [-0.1, -0.05) is 41.9 Å². The summed E-state index contributed by atoms with van der Waals surface area (Å²) in [5.41, 5.74) is 4.33. The van der Waals surface area contributed by atoms with Crippen LogP contribution >= 0.6 is 11.6 Å². The van der Waals surface area contributed by atoms with E-state index in [-0.39, 0.29) is 18.1 Å². The molecule has 0 bridgehead atoms. The summed E-state index contributed by atoms with van der Waals surface area (Å²) < 4.78 is 4.96. The molecule has 3 aromatic rings. The van der Waals surface area contributed by atoms with Crippen LogP contribution in [0.15, 0.2) is 48.5 Å². The molecular weight excluding hydrogens is 324 g/mol. The molecule has 2 N–H and O–H groups in total. The standard InChI is InChI=1S/C19H17ClN2O2/c1-24-19(23)16-10-14-13-7-2-3-8-15(13)21-18(14)17(22-16)11-5-4-6-12(20)9-11/h2-9,16-17,21-22H,10H2,1H3/t16-,17?/m0/s1. The van der Waals surface area contributed by atoms with Gasteiger partial charge in [-0.15, -0.1) is 0 Å². The molecule has 0 saturated carbocycles. The fourth-order valence-corrected chi connectivity index (χ4v) is 3.68. The normalized spacial score (nSPS) is 19.9. The number of benzene rings is 2. The molecular formula is C19H17ClN2O2. The Morgan fingerprint density at radius 2 is 2.04 bits per heavy atom. The summed E-state index contributed by atoms with van der Waals surface area (Å²) >= 11 is 6.17. The Hall–Kier alpha value is -2.30. The number of methoxy groups -OCH3 is 1. The Morgan fingerprint density at radius 3 is 2.83 bits per heavy atom. The molecule has 4 rings (SSSR count). The lowest BCUT2D eigenvalue weighted by Gasteiger charge is -2.30. The number of halogens is 1. The van der Waals surface area contributed by atoms with Gasteiger partial charge in [0, 0.05) is 28.0 Å². The number of aromatic nitrogens is 1. The largest absolute Gasteiger partial charge is 0.468 e. The van der Waals surface area contributed by atoms with Crippen LogP contribution in [0.3, 0.4) is 0 Å². The molecule has 1 unspecified atom stereocenters. The topological polar surface area (TPSA) is 54.1 Å². The molecule has 1 aliphatic rings. The summed E-state index contributed by atoms with van der Waals surface area (Å²) in [5, 5.41) is 5.22. The molecule has 0 spiro atoms. The van der Waals surface area contributed by atoms with Gasteiger partial charge in [0.1, 0.15) is 6.04 Å². The van der Waals surface area contributed by atoms with Gasteiger partial charge >= 0.3 is 5.97 Å². The number of carbonyl (C=O) groups excluding carboxylic acids is 1. The molecule has 1 aromatic heterocycles. The number of esters is 1. The summed E-state index contributed by atoms with van der Waals surface area (Å²) in [6.07, 6.45) is 0.600. The Balaban J connectivity index is 1.88. The first kappa shape index (κ1) is 15.2. The highest BCUT2D eigenvalue weighted by molar-refractivity contribution is 6.30. The minimum absolute atomic E-state index is 0.135. The molecule has 0 radical (unpaired) electrons. The summed E-state index contributed by atoms with van der Waals surface area (Å²) in [4.78, 5) is 15.7. The van der Waals surface area contributed by atoms with Gasteiger partial charge < -0.3 is 9.72 Å². The van der Waals surface area contributed by atoms with Crippen LogP contribution in [0.4, 0.5) is 0 Å². The van der Waals surface area contributed by atoms with Crippen molar-refractivity contribution in [3.8, 4) is 0 Å². The molecule has 122 valence electrons. The molecule has 24 heavy (non-hydrogen) atoms. The molecule has 1 aliphatic heterocycles. The number of carbonyl (C=O) groups is 1. The number of hydrogen-bond donors (Lipinski definition) is 2. The first-order valence-electron chi connectivity index (χ1n) is 7.86. The van der Waals surface area contributed by atoms with Gasteiger partial charge in [0.15, 0.2) is 0 Å². The predicted molar refractivity (Wildman–Crippen MR) is 94.2 cm³/mol. The highest BCUT2D eigenvalue weighted by Gasteiger charge is 2.34. The smallest absolute Gasteiger partial charge is 0.323 e. The molecule has 0 aliphatic carbocycles. The van der Waals surface area contributed by atoms with E-state index in [9.17, 15) is 4.79 Å². The Bertz CT molecular complexity index is 919. The van der Waals surface area contributed by atoms with E-state index in [1.165, 1.54) is 7.11 Å². The number of fused-ring (bicyclic) bond motifs is 3. The van der Waals surface area contributed by atoms with Gasteiger partial charge in [-0.2, -0.15) is 0 Å². The van der Waals surface area contributed by atoms with Crippen molar-refractivity contribution >= 4 is 28.5 Å². The van der Waals surface area contributed by atoms with E-state index in [1.54, 1.807) is 0 Å². The van der Waals surface area contributed by atoms with Crippen LogP contribution in [0.1, 0.15) is 22.9 Å². The lowest BCUT2D eigenvalue weighted by molar-refractivity contribution is -0.143. The van der Waals surface area contributed by atoms with Crippen molar-refractivity contribution in [2.75, 3.05) is 7.11 Å². The van der Waals surface area contributed by atoms with E-state index in [2.05, 4.69) is 22.4 Å². The van der Waals surface area contributed by atoms with Crippen molar-refractivity contribution in [2.24, 2.45) is 0 Å². The zero-order valence-corrected chi connectivity index (χ0v) is 13.9. The molecule has 5 heteroatoms. The lowest BCUT2D eigenvalue weighted by atomic mass is 9.90. The zero-order valence-electron chi connectivity index (χ0n) is 13.2. The van der Waals surface area contributed by atoms with Crippen molar-refractivity contribution in [1.29, 1.82) is 0 Å². The highest BCUT2D eigenvalue weighted by atomic mass is 35.5. The average Bonchev–Trinajstić information content (AvgIpc) is 2.99.